The van der Waals surface area contributed by atoms with Crippen molar-refractivity contribution in [3.63, 3.8) is 0 Å². The Morgan fingerprint density at radius 3 is 2.59 bits per heavy atom. The van der Waals surface area contributed by atoms with E-state index in [2.05, 4.69) is 50.9 Å². The fraction of sp³-hybridized carbons (Fsp3) is 0.238. The number of benzene rings is 2. The number of halogens is 1. The van der Waals surface area contributed by atoms with Crippen molar-refractivity contribution in [3.8, 4) is 22.8 Å². The number of nitrogens with zero attached hydrogens (tertiary/aromatic N) is 5. The molecule has 148 valence electrons. The SMILES string of the molecule is CCc1ccc(-c2noc(CSc3nnc(-c4cccc(Cl)c4)n3CC)n2)cc1. The van der Waals surface area contributed by atoms with Crippen LogP contribution in [0, 0.1) is 0 Å². The number of hydrogen-bond donors (Lipinski definition) is 0. The first-order chi connectivity index (χ1) is 14.2. The second kappa shape index (κ2) is 8.80. The molecule has 2 heterocycles. The van der Waals surface area contributed by atoms with Gasteiger partial charge in [-0.2, -0.15) is 4.98 Å². The molecular weight excluding hydrogens is 406 g/mol. The van der Waals surface area contributed by atoms with Crippen LogP contribution in [0.4, 0.5) is 0 Å². The van der Waals surface area contributed by atoms with Crippen molar-refractivity contribution in [2.24, 2.45) is 0 Å². The van der Waals surface area contributed by atoms with Crippen LogP contribution in [0.5, 0.6) is 0 Å². The highest BCUT2D eigenvalue weighted by Crippen LogP contribution is 2.28. The molecule has 0 aliphatic heterocycles. The van der Waals surface area contributed by atoms with Gasteiger partial charge in [-0.3, -0.25) is 0 Å². The van der Waals surface area contributed by atoms with Gasteiger partial charge in [0.05, 0.1) is 5.75 Å². The third-order valence-corrected chi connectivity index (χ3v) is 5.72. The summed E-state index contributed by atoms with van der Waals surface area (Å²) in [6.45, 7) is 4.94. The summed E-state index contributed by atoms with van der Waals surface area (Å²) in [6, 6.07) is 15.8. The second-order valence-corrected chi connectivity index (χ2v) is 7.79. The van der Waals surface area contributed by atoms with Gasteiger partial charge >= 0.3 is 0 Å². The predicted molar refractivity (Wildman–Crippen MR) is 115 cm³/mol. The van der Waals surface area contributed by atoms with Crippen LogP contribution in [0.25, 0.3) is 22.8 Å². The molecule has 0 N–H and O–H groups in total. The highest BCUT2D eigenvalue weighted by Gasteiger charge is 2.15. The lowest BCUT2D eigenvalue weighted by Gasteiger charge is -2.06. The van der Waals surface area contributed by atoms with E-state index in [9.17, 15) is 0 Å². The topological polar surface area (TPSA) is 69.6 Å². The van der Waals surface area contributed by atoms with Gasteiger partial charge in [0.1, 0.15) is 0 Å². The molecule has 6 nitrogen and oxygen atoms in total. The molecule has 0 bridgehead atoms. The summed E-state index contributed by atoms with van der Waals surface area (Å²) >= 11 is 7.64. The molecule has 0 atom stereocenters. The van der Waals surface area contributed by atoms with Crippen LogP contribution in [0.3, 0.4) is 0 Å². The van der Waals surface area contributed by atoms with Crippen LogP contribution in [-0.2, 0) is 18.7 Å². The molecule has 0 aliphatic carbocycles. The van der Waals surface area contributed by atoms with Crippen molar-refractivity contribution in [1.82, 2.24) is 24.9 Å². The van der Waals surface area contributed by atoms with Crippen LogP contribution in [0.2, 0.25) is 5.02 Å². The molecule has 0 radical (unpaired) electrons. The molecule has 2 aromatic carbocycles. The third kappa shape index (κ3) is 4.36. The minimum Gasteiger partial charge on any atom is -0.338 e. The maximum absolute atomic E-state index is 6.12. The molecule has 4 aromatic rings. The van der Waals surface area contributed by atoms with E-state index in [-0.39, 0.29) is 0 Å². The van der Waals surface area contributed by atoms with E-state index in [1.807, 2.05) is 36.4 Å². The quantitative estimate of drug-likeness (QED) is 0.363. The largest absolute Gasteiger partial charge is 0.338 e. The van der Waals surface area contributed by atoms with E-state index in [0.717, 1.165) is 35.1 Å². The fourth-order valence-corrected chi connectivity index (χ4v) is 4.00. The summed E-state index contributed by atoms with van der Waals surface area (Å²) in [5, 5.41) is 14.3. The standard InChI is InChI=1S/C21H20ClN5OS/c1-3-14-8-10-15(11-9-14)19-23-18(28-26-19)13-29-21-25-24-20(27(21)4-2)16-6-5-7-17(22)12-16/h5-12H,3-4,13H2,1-2H3. The van der Waals surface area contributed by atoms with E-state index in [0.29, 0.717) is 22.5 Å². The van der Waals surface area contributed by atoms with Crippen molar-refractivity contribution in [3.05, 3.63) is 65.0 Å². The van der Waals surface area contributed by atoms with E-state index >= 15 is 0 Å². The normalized spacial score (nSPS) is 11.1. The van der Waals surface area contributed by atoms with E-state index in [4.69, 9.17) is 16.1 Å². The molecule has 0 saturated heterocycles. The van der Waals surface area contributed by atoms with Crippen LogP contribution in [0.1, 0.15) is 25.3 Å². The van der Waals surface area contributed by atoms with Crippen LogP contribution >= 0.6 is 23.4 Å². The summed E-state index contributed by atoms with van der Waals surface area (Å²) in [4.78, 5) is 4.51. The zero-order chi connectivity index (χ0) is 20.2. The molecule has 4 rings (SSSR count). The zero-order valence-corrected chi connectivity index (χ0v) is 17.7. The van der Waals surface area contributed by atoms with Crippen LogP contribution in [-0.4, -0.2) is 24.9 Å². The first-order valence-corrected chi connectivity index (χ1v) is 10.8. The molecule has 0 unspecified atom stereocenters. The Morgan fingerprint density at radius 1 is 1.03 bits per heavy atom. The van der Waals surface area contributed by atoms with Crippen molar-refractivity contribution in [1.29, 1.82) is 0 Å². The minimum atomic E-state index is 0.522. The molecule has 0 spiro atoms. The number of aromatic nitrogens is 5. The maximum Gasteiger partial charge on any atom is 0.237 e. The smallest absolute Gasteiger partial charge is 0.237 e. The number of thioether (sulfide) groups is 1. The predicted octanol–water partition coefficient (Wildman–Crippen LogP) is 5.52. The second-order valence-electron chi connectivity index (χ2n) is 6.41. The van der Waals surface area contributed by atoms with Gasteiger partial charge in [0.25, 0.3) is 0 Å². The van der Waals surface area contributed by atoms with Gasteiger partial charge in [-0.15, -0.1) is 10.2 Å². The highest BCUT2D eigenvalue weighted by atomic mass is 35.5. The van der Waals surface area contributed by atoms with Gasteiger partial charge in [0.15, 0.2) is 11.0 Å². The lowest BCUT2D eigenvalue weighted by atomic mass is 10.1. The maximum atomic E-state index is 6.12. The summed E-state index contributed by atoms with van der Waals surface area (Å²) in [5.41, 5.74) is 3.17. The molecule has 2 aromatic heterocycles. The zero-order valence-electron chi connectivity index (χ0n) is 16.2. The highest BCUT2D eigenvalue weighted by molar-refractivity contribution is 7.98. The summed E-state index contributed by atoms with van der Waals surface area (Å²) < 4.78 is 7.47. The lowest BCUT2D eigenvalue weighted by Crippen LogP contribution is -2.00. The average Bonchev–Trinajstić information content (AvgIpc) is 3.39. The van der Waals surface area contributed by atoms with Crippen molar-refractivity contribution >= 4 is 23.4 Å². The first-order valence-electron chi connectivity index (χ1n) is 9.41. The van der Waals surface area contributed by atoms with Gasteiger partial charge in [-0.25, -0.2) is 0 Å². The Balaban J connectivity index is 1.49. The number of aryl methyl sites for hydroxylation is 1. The van der Waals surface area contributed by atoms with Crippen molar-refractivity contribution in [2.45, 2.75) is 37.7 Å². The molecule has 0 fully saturated rings. The molecule has 0 saturated carbocycles. The molecule has 8 heteroatoms. The summed E-state index contributed by atoms with van der Waals surface area (Å²) in [5.74, 6) is 2.47. The lowest BCUT2D eigenvalue weighted by molar-refractivity contribution is 0.391. The number of rotatable bonds is 7. The van der Waals surface area contributed by atoms with Crippen molar-refractivity contribution < 1.29 is 4.52 Å². The molecule has 0 amide bonds. The van der Waals surface area contributed by atoms with Crippen molar-refractivity contribution in [2.75, 3.05) is 0 Å². The first kappa shape index (κ1) is 19.7. The molecule has 29 heavy (non-hydrogen) atoms. The molecular formula is C21H20ClN5OS. The molecule has 0 aliphatic rings. The fourth-order valence-electron chi connectivity index (χ4n) is 2.97. The Morgan fingerprint density at radius 2 is 1.86 bits per heavy atom. The summed E-state index contributed by atoms with van der Waals surface area (Å²) in [6.07, 6.45) is 1.00. The van der Waals surface area contributed by atoms with Crippen LogP contribution < -0.4 is 0 Å². The van der Waals surface area contributed by atoms with E-state index in [1.165, 1.54) is 17.3 Å². The Hall–Kier alpha value is -2.64. The van der Waals surface area contributed by atoms with Gasteiger partial charge in [0, 0.05) is 22.7 Å². The van der Waals surface area contributed by atoms with Gasteiger partial charge in [0.2, 0.25) is 11.7 Å². The third-order valence-electron chi connectivity index (χ3n) is 4.53. The van der Waals surface area contributed by atoms with E-state index in [1.54, 1.807) is 0 Å². The van der Waals surface area contributed by atoms with Gasteiger partial charge in [-0.1, -0.05) is 71.8 Å². The van der Waals surface area contributed by atoms with E-state index < -0.39 is 0 Å². The van der Waals surface area contributed by atoms with Crippen LogP contribution in [0.15, 0.2) is 58.2 Å². The Bertz CT molecular complexity index is 1110. The van der Waals surface area contributed by atoms with Gasteiger partial charge in [-0.05, 0) is 31.0 Å². The van der Waals surface area contributed by atoms with Gasteiger partial charge < -0.3 is 9.09 Å². The average molecular weight is 426 g/mol. The monoisotopic (exact) mass is 425 g/mol. The minimum absolute atomic E-state index is 0.522. The summed E-state index contributed by atoms with van der Waals surface area (Å²) in [7, 11) is 0. The Labute approximate surface area is 178 Å². The number of hydrogen-bond acceptors (Lipinski definition) is 6. The Kier molecular flexibility index (Phi) is 5.97.